The third kappa shape index (κ3) is 2.79. The summed E-state index contributed by atoms with van der Waals surface area (Å²) in [4.78, 5) is 34.0. The molecule has 0 saturated heterocycles. The van der Waals surface area contributed by atoms with Gasteiger partial charge in [0.1, 0.15) is 5.92 Å². The first-order valence-corrected chi connectivity index (χ1v) is 6.41. The first-order valence-electron chi connectivity index (χ1n) is 6.41. The Kier molecular flexibility index (Phi) is 4.02. The van der Waals surface area contributed by atoms with Crippen LogP contribution in [0.1, 0.15) is 24.8 Å². The van der Waals surface area contributed by atoms with Crippen LogP contribution in [0.25, 0.3) is 0 Å². The van der Waals surface area contributed by atoms with Gasteiger partial charge < -0.3 is 15.7 Å². The number of benzene rings is 1. The van der Waals surface area contributed by atoms with Crippen LogP contribution in [0, 0.1) is 5.92 Å². The number of nitrogens with one attached hydrogen (secondary N) is 2. The maximum Gasteiger partial charge on any atom is 0.315 e. The van der Waals surface area contributed by atoms with Crippen LogP contribution in [0.2, 0.25) is 0 Å². The molecule has 0 aromatic heterocycles. The van der Waals surface area contributed by atoms with Crippen molar-refractivity contribution in [1.82, 2.24) is 5.32 Å². The lowest BCUT2D eigenvalue weighted by atomic mass is 9.97. The fraction of sp³-hybridized carbons (Fsp3) is 0.357. The smallest absolute Gasteiger partial charge is 0.315 e. The molecule has 1 aliphatic rings. The van der Waals surface area contributed by atoms with Crippen molar-refractivity contribution in [2.24, 2.45) is 5.92 Å². The molecule has 2 unspecified atom stereocenters. The van der Waals surface area contributed by atoms with Crippen molar-refractivity contribution in [3.8, 4) is 0 Å². The van der Waals surface area contributed by atoms with Crippen LogP contribution in [-0.2, 0) is 14.4 Å². The lowest BCUT2D eigenvalue weighted by Gasteiger charge is -2.11. The minimum atomic E-state index is -1.16. The van der Waals surface area contributed by atoms with Gasteiger partial charge in [0.05, 0.1) is 5.92 Å². The van der Waals surface area contributed by atoms with Crippen molar-refractivity contribution in [3.63, 3.8) is 0 Å². The van der Waals surface area contributed by atoms with Crippen molar-refractivity contribution in [3.05, 3.63) is 29.8 Å². The van der Waals surface area contributed by atoms with E-state index < -0.39 is 17.8 Å². The average molecular weight is 276 g/mol. The summed E-state index contributed by atoms with van der Waals surface area (Å²) in [5.41, 5.74) is 1.71. The van der Waals surface area contributed by atoms with Crippen LogP contribution in [-0.4, -0.2) is 29.4 Å². The largest absolute Gasteiger partial charge is 0.481 e. The van der Waals surface area contributed by atoms with Crippen LogP contribution >= 0.6 is 0 Å². The van der Waals surface area contributed by atoms with E-state index in [0.717, 1.165) is 11.3 Å². The van der Waals surface area contributed by atoms with E-state index in [1.807, 2.05) is 24.3 Å². The van der Waals surface area contributed by atoms with Gasteiger partial charge in [0.15, 0.2) is 0 Å². The van der Waals surface area contributed by atoms with E-state index in [9.17, 15) is 14.4 Å². The maximum atomic E-state index is 11.8. The van der Waals surface area contributed by atoms with Gasteiger partial charge >= 0.3 is 5.97 Å². The van der Waals surface area contributed by atoms with Crippen molar-refractivity contribution < 1.29 is 19.5 Å². The summed E-state index contributed by atoms with van der Waals surface area (Å²) < 4.78 is 0. The second-order valence-corrected chi connectivity index (χ2v) is 4.77. The number of carbonyl (C=O) groups excluding carboxylic acids is 2. The zero-order valence-electron chi connectivity index (χ0n) is 11.1. The molecular formula is C14H16N2O4. The standard InChI is InChI=1S/C14H16N2O4/c1-8(14(19)20)12(17)15-7-6-10-9-4-2-3-5-11(9)16-13(10)18/h2-5,8,10H,6-7H2,1H3,(H,15,17)(H,16,18)(H,19,20). The molecule has 1 aromatic rings. The SMILES string of the molecule is CC(C(=O)O)C(=O)NCCC1C(=O)Nc2ccccc21. The Morgan fingerprint density at radius 1 is 1.40 bits per heavy atom. The number of fused-ring (bicyclic) bond motifs is 1. The third-order valence-electron chi connectivity index (χ3n) is 3.41. The number of amides is 2. The van der Waals surface area contributed by atoms with Gasteiger partial charge in [-0.15, -0.1) is 0 Å². The molecule has 2 atom stereocenters. The van der Waals surface area contributed by atoms with Crippen LogP contribution in [0.15, 0.2) is 24.3 Å². The molecule has 0 radical (unpaired) electrons. The summed E-state index contributed by atoms with van der Waals surface area (Å²) in [6.45, 7) is 1.60. The molecule has 2 rings (SSSR count). The van der Waals surface area contributed by atoms with Crippen molar-refractivity contribution >= 4 is 23.5 Å². The maximum absolute atomic E-state index is 11.8. The summed E-state index contributed by atoms with van der Waals surface area (Å²) in [6.07, 6.45) is 0.445. The molecule has 0 spiro atoms. The fourth-order valence-corrected chi connectivity index (χ4v) is 2.17. The number of hydrogen-bond acceptors (Lipinski definition) is 3. The Balaban J connectivity index is 1.91. The number of carboxylic acid groups (broad SMARTS) is 1. The van der Waals surface area contributed by atoms with E-state index in [-0.39, 0.29) is 18.4 Å². The highest BCUT2D eigenvalue weighted by Gasteiger charge is 2.30. The molecule has 1 heterocycles. The van der Waals surface area contributed by atoms with Crippen LogP contribution < -0.4 is 10.6 Å². The number of carbonyl (C=O) groups is 3. The molecule has 0 aliphatic carbocycles. The summed E-state index contributed by atoms with van der Waals surface area (Å²) in [5, 5.41) is 14.0. The normalized spacial score (nSPS) is 18.1. The second kappa shape index (κ2) is 5.73. The van der Waals surface area contributed by atoms with Gasteiger partial charge in [-0.2, -0.15) is 0 Å². The Hall–Kier alpha value is -2.37. The minimum Gasteiger partial charge on any atom is -0.481 e. The van der Waals surface area contributed by atoms with Crippen LogP contribution in [0.3, 0.4) is 0 Å². The quantitative estimate of drug-likeness (QED) is 0.698. The predicted octanol–water partition coefficient (Wildman–Crippen LogP) is 0.949. The first kappa shape index (κ1) is 14.0. The van der Waals surface area contributed by atoms with Crippen molar-refractivity contribution in [2.75, 3.05) is 11.9 Å². The zero-order valence-corrected chi connectivity index (χ0v) is 11.1. The Labute approximate surface area is 116 Å². The lowest BCUT2D eigenvalue weighted by molar-refractivity contribution is -0.146. The second-order valence-electron chi connectivity index (χ2n) is 4.77. The lowest BCUT2D eigenvalue weighted by Crippen LogP contribution is -2.34. The Morgan fingerprint density at radius 2 is 2.10 bits per heavy atom. The van der Waals surface area contributed by atoms with Crippen LogP contribution in [0.5, 0.6) is 0 Å². The highest BCUT2D eigenvalue weighted by atomic mass is 16.4. The van der Waals surface area contributed by atoms with Gasteiger partial charge in [-0.05, 0) is 25.0 Å². The first-order chi connectivity index (χ1) is 9.50. The zero-order chi connectivity index (χ0) is 14.7. The van der Waals surface area contributed by atoms with Gasteiger partial charge in [0.25, 0.3) is 0 Å². The summed E-state index contributed by atoms with van der Waals surface area (Å²) in [6, 6.07) is 7.41. The topological polar surface area (TPSA) is 95.5 Å². The summed E-state index contributed by atoms with van der Waals surface area (Å²) in [7, 11) is 0. The Morgan fingerprint density at radius 3 is 2.80 bits per heavy atom. The molecule has 2 amide bonds. The third-order valence-corrected chi connectivity index (χ3v) is 3.41. The molecule has 0 fully saturated rings. The molecule has 20 heavy (non-hydrogen) atoms. The van der Waals surface area contributed by atoms with Gasteiger partial charge in [-0.3, -0.25) is 14.4 Å². The molecule has 6 nitrogen and oxygen atoms in total. The van der Waals surface area contributed by atoms with E-state index >= 15 is 0 Å². The van der Waals surface area contributed by atoms with Gasteiger partial charge in [-0.1, -0.05) is 18.2 Å². The predicted molar refractivity (Wildman–Crippen MR) is 72.2 cm³/mol. The summed E-state index contributed by atoms with van der Waals surface area (Å²) >= 11 is 0. The number of carboxylic acids is 1. The molecule has 0 bridgehead atoms. The monoisotopic (exact) mass is 276 g/mol. The molecule has 1 aromatic carbocycles. The number of aliphatic carboxylic acids is 1. The highest BCUT2D eigenvalue weighted by Crippen LogP contribution is 2.33. The van der Waals surface area contributed by atoms with Gasteiger partial charge in [-0.25, -0.2) is 0 Å². The van der Waals surface area contributed by atoms with E-state index in [4.69, 9.17) is 5.11 Å². The Bertz CT molecular complexity index is 556. The summed E-state index contributed by atoms with van der Waals surface area (Å²) in [5.74, 6) is -3.17. The fourth-order valence-electron chi connectivity index (χ4n) is 2.17. The number of para-hydroxylation sites is 1. The van der Waals surface area contributed by atoms with Gasteiger partial charge in [0, 0.05) is 12.2 Å². The highest BCUT2D eigenvalue weighted by molar-refractivity contribution is 6.02. The molecule has 6 heteroatoms. The molecule has 1 aliphatic heterocycles. The van der Waals surface area contributed by atoms with E-state index in [1.54, 1.807) is 0 Å². The minimum absolute atomic E-state index is 0.0910. The van der Waals surface area contributed by atoms with E-state index in [2.05, 4.69) is 10.6 Å². The molecule has 106 valence electrons. The average Bonchev–Trinajstić information content (AvgIpc) is 2.74. The van der Waals surface area contributed by atoms with Crippen molar-refractivity contribution in [2.45, 2.75) is 19.3 Å². The molecule has 0 saturated carbocycles. The molecule has 3 N–H and O–H groups in total. The van der Waals surface area contributed by atoms with E-state index in [0.29, 0.717) is 6.42 Å². The van der Waals surface area contributed by atoms with Gasteiger partial charge in [0.2, 0.25) is 11.8 Å². The van der Waals surface area contributed by atoms with E-state index in [1.165, 1.54) is 6.92 Å². The van der Waals surface area contributed by atoms with Crippen molar-refractivity contribution in [1.29, 1.82) is 0 Å². The molecular weight excluding hydrogens is 260 g/mol. The van der Waals surface area contributed by atoms with Crippen LogP contribution in [0.4, 0.5) is 5.69 Å². The number of hydrogen-bond donors (Lipinski definition) is 3. The number of rotatable bonds is 5. The number of anilines is 1.